The third-order valence-corrected chi connectivity index (χ3v) is 15.3. The van der Waals surface area contributed by atoms with Gasteiger partial charge in [0.15, 0.2) is 14.1 Å². The minimum atomic E-state index is -2.03. The molecule has 2 atom stereocenters. The number of fused-ring (bicyclic) bond motifs is 2. The van der Waals surface area contributed by atoms with Crippen LogP contribution in [0.15, 0.2) is 47.6 Å². The predicted octanol–water partition coefficient (Wildman–Crippen LogP) is 11.6. The Kier molecular flexibility index (Phi) is 11.5. The zero-order chi connectivity index (χ0) is 37.5. The largest absolute Gasteiger partial charge is 0.444 e. The van der Waals surface area contributed by atoms with Gasteiger partial charge in [-0.2, -0.15) is 0 Å². The summed E-state index contributed by atoms with van der Waals surface area (Å²) in [5, 5.41) is 18.8. The number of amides is 1. The van der Waals surface area contributed by atoms with Crippen LogP contribution in [0.5, 0.6) is 0 Å². The van der Waals surface area contributed by atoms with Crippen molar-refractivity contribution in [3.8, 4) is 11.1 Å². The monoisotopic (exact) mass is 774 g/mol. The Balaban J connectivity index is 1.54. The van der Waals surface area contributed by atoms with Gasteiger partial charge in [-0.1, -0.05) is 91.1 Å². The summed E-state index contributed by atoms with van der Waals surface area (Å²) in [4.78, 5) is 19.6. The number of anilines is 1. The number of nitrogens with one attached hydrogen (secondary N) is 1. The summed E-state index contributed by atoms with van der Waals surface area (Å²) in [6.45, 7) is 17.4. The van der Waals surface area contributed by atoms with Crippen LogP contribution in [0.3, 0.4) is 0 Å². The van der Waals surface area contributed by atoms with Gasteiger partial charge in [0.05, 0.1) is 22.5 Å². The summed E-state index contributed by atoms with van der Waals surface area (Å²) >= 11 is 20.2. The standard InChI is InChI=1S/C38H46Cl3FN4O4Si/c1-37(2,3)50-36(47)46-17-15-23(19-24(46)16-18-49-51(7,8)38(4,5)6)44-33-26-20-29(40)31(32(42)34(26)45-35(41)27(33)21-43-48)25-13-9-11-22-12-10-14-28(39)30(22)25/h9-14,20-21,23-24,48H,15-19H2,1-8H3,(H,44,45)/b43-21+/t23-,24+/m0/s1. The van der Waals surface area contributed by atoms with Gasteiger partial charge in [-0.05, 0) is 81.2 Å². The number of nitrogens with zero attached hydrogens (tertiary/aromatic N) is 3. The number of hydrogen-bond acceptors (Lipinski definition) is 7. The van der Waals surface area contributed by atoms with Crippen LogP contribution >= 0.6 is 34.8 Å². The minimum Gasteiger partial charge on any atom is -0.444 e. The van der Waals surface area contributed by atoms with E-state index in [1.54, 1.807) is 23.1 Å². The first kappa shape index (κ1) is 39.1. The molecule has 1 amide bonds. The van der Waals surface area contributed by atoms with E-state index in [2.05, 4.69) is 49.3 Å². The number of piperidine rings is 1. The molecule has 2 N–H and O–H groups in total. The first-order valence-electron chi connectivity index (χ1n) is 17.1. The predicted molar refractivity (Wildman–Crippen MR) is 210 cm³/mol. The van der Waals surface area contributed by atoms with Crippen LogP contribution in [0.2, 0.25) is 33.3 Å². The molecule has 0 aliphatic carbocycles. The summed E-state index contributed by atoms with van der Waals surface area (Å²) in [5.41, 5.74) is 0.695. The van der Waals surface area contributed by atoms with Crippen LogP contribution in [-0.4, -0.2) is 66.6 Å². The summed E-state index contributed by atoms with van der Waals surface area (Å²) in [6, 6.07) is 12.2. The van der Waals surface area contributed by atoms with Crippen LogP contribution < -0.4 is 5.32 Å². The first-order valence-corrected chi connectivity index (χ1v) is 21.1. The van der Waals surface area contributed by atoms with E-state index in [9.17, 15) is 10.0 Å². The maximum absolute atomic E-state index is 16.8. The van der Waals surface area contributed by atoms with Crippen LogP contribution in [-0.2, 0) is 9.16 Å². The molecule has 0 saturated carbocycles. The second-order valence-corrected chi connectivity index (χ2v) is 21.6. The molecule has 1 fully saturated rings. The average molecular weight is 776 g/mol. The summed E-state index contributed by atoms with van der Waals surface area (Å²) in [7, 11) is -2.03. The maximum atomic E-state index is 16.8. The summed E-state index contributed by atoms with van der Waals surface area (Å²) in [5.74, 6) is -0.664. The number of carbonyl (C=O) groups excluding carboxylic acids is 1. The van der Waals surface area contributed by atoms with Crippen molar-refractivity contribution in [3.63, 3.8) is 0 Å². The normalized spacial score (nSPS) is 17.5. The number of carbonyl (C=O) groups is 1. The lowest BCUT2D eigenvalue weighted by Gasteiger charge is -2.42. The second kappa shape index (κ2) is 15.1. The highest BCUT2D eigenvalue weighted by Crippen LogP contribution is 2.44. The number of ether oxygens (including phenoxy) is 1. The van der Waals surface area contributed by atoms with E-state index in [0.717, 1.165) is 5.39 Å². The molecule has 1 aliphatic rings. The van der Waals surface area contributed by atoms with E-state index in [1.165, 1.54) is 6.21 Å². The van der Waals surface area contributed by atoms with Crippen molar-refractivity contribution in [2.24, 2.45) is 5.16 Å². The molecule has 0 spiro atoms. The molecule has 0 radical (unpaired) electrons. The zero-order valence-corrected chi connectivity index (χ0v) is 33.6. The molecule has 4 aromatic rings. The van der Waals surface area contributed by atoms with E-state index in [0.29, 0.717) is 59.5 Å². The number of pyridine rings is 1. The average Bonchev–Trinajstić information content (AvgIpc) is 3.02. The van der Waals surface area contributed by atoms with Crippen LogP contribution in [0.1, 0.15) is 66.4 Å². The molecule has 51 heavy (non-hydrogen) atoms. The number of hydrogen-bond donors (Lipinski definition) is 2. The van der Waals surface area contributed by atoms with Crippen molar-refractivity contribution in [2.75, 3.05) is 18.5 Å². The van der Waals surface area contributed by atoms with E-state index in [-0.39, 0.29) is 50.0 Å². The number of likely N-dealkylation sites (tertiary alicyclic amines) is 1. The highest BCUT2D eigenvalue weighted by Gasteiger charge is 2.39. The van der Waals surface area contributed by atoms with Crippen molar-refractivity contribution in [1.29, 1.82) is 0 Å². The number of benzene rings is 3. The van der Waals surface area contributed by atoms with E-state index >= 15 is 4.39 Å². The van der Waals surface area contributed by atoms with Crippen LogP contribution in [0.25, 0.3) is 32.8 Å². The Morgan fingerprint density at radius 2 is 1.80 bits per heavy atom. The number of aromatic nitrogens is 1. The van der Waals surface area contributed by atoms with Gasteiger partial charge in [0.1, 0.15) is 16.3 Å². The Morgan fingerprint density at radius 1 is 1.12 bits per heavy atom. The fraction of sp³-hybridized carbons (Fsp3) is 0.447. The molecular formula is C38H46Cl3FN4O4Si. The molecule has 274 valence electrons. The number of halogens is 4. The highest BCUT2D eigenvalue weighted by atomic mass is 35.5. The topological polar surface area (TPSA) is 96.3 Å². The van der Waals surface area contributed by atoms with E-state index < -0.39 is 19.7 Å². The van der Waals surface area contributed by atoms with E-state index in [1.807, 2.05) is 45.0 Å². The van der Waals surface area contributed by atoms with Gasteiger partial charge in [0.2, 0.25) is 0 Å². The smallest absolute Gasteiger partial charge is 0.410 e. The van der Waals surface area contributed by atoms with Gasteiger partial charge >= 0.3 is 6.09 Å². The molecule has 3 aromatic carbocycles. The number of rotatable bonds is 8. The number of oxime groups is 1. The Morgan fingerprint density at radius 3 is 2.45 bits per heavy atom. The quantitative estimate of drug-likeness (QED) is 0.0608. The second-order valence-electron chi connectivity index (χ2n) is 15.6. The minimum absolute atomic E-state index is 0.00782. The first-order chi connectivity index (χ1) is 23.8. The maximum Gasteiger partial charge on any atom is 0.410 e. The SMILES string of the molecule is CC(C)(C)OC(=O)N1CC[C@H](Nc2c(/C=N/O)c(Cl)nc3c(F)c(-c4cccc5cccc(Cl)c45)c(Cl)cc23)C[C@H]1CCO[Si](C)(C)C(C)(C)C. The van der Waals surface area contributed by atoms with Crippen molar-refractivity contribution in [3.05, 3.63) is 69.0 Å². The molecule has 1 saturated heterocycles. The molecule has 2 heterocycles. The van der Waals surface area contributed by atoms with Crippen molar-refractivity contribution in [2.45, 2.75) is 96.6 Å². The molecule has 8 nitrogen and oxygen atoms in total. The van der Waals surface area contributed by atoms with Gasteiger partial charge in [0, 0.05) is 46.6 Å². The highest BCUT2D eigenvalue weighted by molar-refractivity contribution is 6.74. The van der Waals surface area contributed by atoms with Gasteiger partial charge in [-0.15, -0.1) is 0 Å². The molecule has 13 heteroatoms. The van der Waals surface area contributed by atoms with Crippen LogP contribution in [0, 0.1) is 5.82 Å². The summed E-state index contributed by atoms with van der Waals surface area (Å²) in [6.07, 6.45) is 2.49. The van der Waals surface area contributed by atoms with Crippen LogP contribution in [0.4, 0.5) is 14.9 Å². The third-order valence-electron chi connectivity index (χ3n) is 9.89. The van der Waals surface area contributed by atoms with Gasteiger partial charge in [0.25, 0.3) is 0 Å². The Bertz CT molecular complexity index is 1970. The molecular weight excluding hydrogens is 730 g/mol. The fourth-order valence-corrected chi connectivity index (χ4v) is 8.15. The van der Waals surface area contributed by atoms with Gasteiger partial charge < -0.3 is 24.6 Å². The van der Waals surface area contributed by atoms with Crippen molar-refractivity contribution in [1.82, 2.24) is 9.88 Å². The van der Waals surface area contributed by atoms with Gasteiger partial charge in [-0.25, -0.2) is 14.2 Å². The lowest BCUT2D eigenvalue weighted by Crippen LogP contribution is -2.51. The Labute approximate surface area is 315 Å². The third kappa shape index (κ3) is 8.41. The lowest BCUT2D eigenvalue weighted by molar-refractivity contribution is 0.00624. The zero-order valence-electron chi connectivity index (χ0n) is 30.3. The van der Waals surface area contributed by atoms with Crippen molar-refractivity contribution >= 4 is 82.8 Å². The Hall–Kier alpha value is -3.15. The van der Waals surface area contributed by atoms with Crippen molar-refractivity contribution < 1.29 is 23.6 Å². The molecule has 5 rings (SSSR count). The van der Waals surface area contributed by atoms with Gasteiger partial charge in [-0.3, -0.25) is 0 Å². The molecule has 1 aliphatic heterocycles. The molecule has 0 bridgehead atoms. The van der Waals surface area contributed by atoms with E-state index in [4.69, 9.17) is 44.0 Å². The fourth-order valence-electron chi connectivity index (χ4n) is 6.28. The summed E-state index contributed by atoms with van der Waals surface area (Å²) < 4.78 is 29.1. The lowest BCUT2D eigenvalue weighted by atomic mass is 9.93. The molecule has 0 unspecified atom stereocenters. The molecule has 1 aromatic heterocycles.